The topological polar surface area (TPSA) is 57.6 Å². The van der Waals surface area contributed by atoms with E-state index in [4.69, 9.17) is 0 Å². The normalized spacial score (nSPS) is 12.0. The molecule has 2 aromatic rings. The third-order valence-corrected chi connectivity index (χ3v) is 5.79. The van der Waals surface area contributed by atoms with E-state index < -0.39 is 0 Å². The Kier molecular flexibility index (Phi) is 8.72. The number of aryl methyl sites for hydroxylation is 3. The highest BCUT2D eigenvalue weighted by Gasteiger charge is 2.25. The molecule has 1 atom stereocenters. The van der Waals surface area contributed by atoms with Crippen LogP contribution in [0.25, 0.3) is 0 Å². The quantitative estimate of drug-likeness (QED) is 0.616. The van der Waals surface area contributed by atoms with Crippen molar-refractivity contribution in [2.75, 3.05) is 18.4 Å². The summed E-state index contributed by atoms with van der Waals surface area (Å²) in [6.45, 7) is 13.5. The molecule has 0 aliphatic heterocycles. The second-order valence-electron chi connectivity index (χ2n) is 8.89. The Bertz CT molecular complexity index is 887. The zero-order valence-electron chi connectivity index (χ0n) is 20.1. The molecule has 0 aliphatic rings. The summed E-state index contributed by atoms with van der Waals surface area (Å²) in [4.78, 5) is 29.9. The van der Waals surface area contributed by atoms with Gasteiger partial charge in [-0.05, 0) is 68.5 Å². The molecule has 0 aliphatic carbocycles. The Morgan fingerprint density at radius 1 is 1.10 bits per heavy atom. The van der Waals surface area contributed by atoms with E-state index >= 15 is 0 Å². The van der Waals surface area contributed by atoms with Gasteiger partial charge in [0, 0.05) is 37.2 Å². The smallest absolute Gasteiger partial charge is 0.322 e. The van der Waals surface area contributed by atoms with Gasteiger partial charge in [-0.1, -0.05) is 26.8 Å². The molecule has 6 heteroatoms. The summed E-state index contributed by atoms with van der Waals surface area (Å²) in [5.41, 5.74) is 4.12. The monoisotopic (exact) mass is 426 g/mol. The summed E-state index contributed by atoms with van der Waals surface area (Å²) in [7, 11) is 1.98. The molecule has 0 radical (unpaired) electrons. The third-order valence-electron chi connectivity index (χ3n) is 5.79. The van der Waals surface area contributed by atoms with E-state index in [-0.39, 0.29) is 24.5 Å². The van der Waals surface area contributed by atoms with Gasteiger partial charge in [-0.25, -0.2) is 4.79 Å². The standard InChI is InChI=1S/C25H38N4O2/c1-8-21(6)29(25(31)26-22-12-11-19(4)20(5)14-22)17-24(30)28(15-18(2)3)16-23-10-9-13-27(23)7/h9-14,18,21H,8,15-17H2,1-7H3,(H,26,31)/t21-/m1/s1. The van der Waals surface area contributed by atoms with Gasteiger partial charge in [-0.2, -0.15) is 0 Å². The number of carbonyl (C=O) groups excluding carboxylic acids is 2. The van der Waals surface area contributed by atoms with Gasteiger partial charge in [0.05, 0.1) is 6.54 Å². The maximum atomic E-state index is 13.3. The molecule has 3 amide bonds. The van der Waals surface area contributed by atoms with Crippen molar-refractivity contribution in [3.05, 3.63) is 53.3 Å². The Hall–Kier alpha value is -2.76. The number of urea groups is 1. The van der Waals surface area contributed by atoms with Crippen LogP contribution in [0, 0.1) is 19.8 Å². The number of rotatable bonds is 9. The fourth-order valence-corrected chi connectivity index (χ4v) is 3.46. The van der Waals surface area contributed by atoms with Crippen molar-refractivity contribution in [2.24, 2.45) is 13.0 Å². The van der Waals surface area contributed by atoms with E-state index in [2.05, 4.69) is 19.2 Å². The molecule has 0 fully saturated rings. The molecule has 170 valence electrons. The van der Waals surface area contributed by atoms with Gasteiger partial charge < -0.3 is 19.7 Å². The van der Waals surface area contributed by atoms with E-state index in [0.29, 0.717) is 19.0 Å². The number of carbonyl (C=O) groups is 2. The number of amides is 3. The Labute approximate surface area is 187 Å². The fourth-order valence-electron chi connectivity index (χ4n) is 3.46. The molecular weight excluding hydrogens is 388 g/mol. The zero-order valence-corrected chi connectivity index (χ0v) is 20.1. The maximum absolute atomic E-state index is 13.3. The van der Waals surface area contributed by atoms with Crippen LogP contribution in [0.2, 0.25) is 0 Å². The highest BCUT2D eigenvalue weighted by atomic mass is 16.2. The summed E-state index contributed by atoms with van der Waals surface area (Å²) < 4.78 is 2.03. The molecule has 6 nitrogen and oxygen atoms in total. The molecule has 2 rings (SSSR count). The lowest BCUT2D eigenvalue weighted by atomic mass is 10.1. The number of benzene rings is 1. The highest BCUT2D eigenvalue weighted by Crippen LogP contribution is 2.17. The van der Waals surface area contributed by atoms with Crippen LogP contribution in [-0.2, 0) is 18.4 Å². The van der Waals surface area contributed by atoms with Crippen LogP contribution < -0.4 is 5.32 Å². The predicted molar refractivity (Wildman–Crippen MR) is 127 cm³/mol. The molecule has 1 heterocycles. The van der Waals surface area contributed by atoms with Gasteiger partial charge in [0.25, 0.3) is 0 Å². The molecule has 0 bridgehead atoms. The lowest BCUT2D eigenvalue weighted by molar-refractivity contribution is -0.133. The molecule has 1 aromatic carbocycles. The van der Waals surface area contributed by atoms with Crippen molar-refractivity contribution in [2.45, 2.75) is 60.5 Å². The summed E-state index contributed by atoms with van der Waals surface area (Å²) >= 11 is 0. The first-order valence-corrected chi connectivity index (χ1v) is 11.1. The number of aromatic nitrogens is 1. The van der Waals surface area contributed by atoms with Crippen LogP contribution in [-0.4, -0.2) is 45.4 Å². The number of hydrogen-bond acceptors (Lipinski definition) is 2. The average Bonchev–Trinajstić information content (AvgIpc) is 3.11. The number of nitrogens with zero attached hydrogens (tertiary/aromatic N) is 3. The fraction of sp³-hybridized carbons (Fsp3) is 0.520. The molecule has 0 saturated carbocycles. The summed E-state index contributed by atoms with van der Waals surface area (Å²) in [5, 5.41) is 2.98. The van der Waals surface area contributed by atoms with Crippen molar-refractivity contribution in [3.63, 3.8) is 0 Å². The second kappa shape index (κ2) is 11.0. The van der Waals surface area contributed by atoms with Crippen LogP contribution in [0.5, 0.6) is 0 Å². The van der Waals surface area contributed by atoms with Crippen molar-refractivity contribution >= 4 is 17.6 Å². The minimum absolute atomic E-state index is 0.0366. The largest absolute Gasteiger partial charge is 0.353 e. The van der Waals surface area contributed by atoms with Crippen LogP contribution >= 0.6 is 0 Å². The minimum atomic E-state index is -0.241. The molecule has 0 unspecified atom stereocenters. The molecule has 0 spiro atoms. The van der Waals surface area contributed by atoms with E-state index in [1.807, 2.05) is 80.7 Å². The van der Waals surface area contributed by atoms with Crippen LogP contribution in [0.1, 0.15) is 50.9 Å². The Morgan fingerprint density at radius 2 is 1.81 bits per heavy atom. The highest BCUT2D eigenvalue weighted by molar-refractivity contribution is 5.92. The van der Waals surface area contributed by atoms with E-state index in [1.54, 1.807) is 4.90 Å². The summed E-state index contributed by atoms with van der Waals surface area (Å²) in [6, 6.07) is 9.57. The Morgan fingerprint density at radius 3 is 2.35 bits per heavy atom. The van der Waals surface area contributed by atoms with E-state index in [9.17, 15) is 9.59 Å². The van der Waals surface area contributed by atoms with E-state index in [0.717, 1.165) is 23.4 Å². The van der Waals surface area contributed by atoms with Crippen LogP contribution in [0.4, 0.5) is 10.5 Å². The SMILES string of the molecule is CC[C@@H](C)N(CC(=O)N(Cc1cccn1C)CC(C)C)C(=O)Nc1ccc(C)c(C)c1. The van der Waals surface area contributed by atoms with Crippen molar-refractivity contribution in [1.82, 2.24) is 14.4 Å². The maximum Gasteiger partial charge on any atom is 0.322 e. The number of hydrogen-bond donors (Lipinski definition) is 1. The lowest BCUT2D eigenvalue weighted by Crippen LogP contribution is -2.48. The predicted octanol–water partition coefficient (Wildman–Crippen LogP) is 4.96. The Balaban J connectivity index is 2.17. The third kappa shape index (κ3) is 6.88. The van der Waals surface area contributed by atoms with Crippen molar-refractivity contribution < 1.29 is 9.59 Å². The first-order chi connectivity index (χ1) is 14.6. The summed E-state index contributed by atoms with van der Waals surface area (Å²) in [6.07, 6.45) is 2.76. The van der Waals surface area contributed by atoms with Gasteiger partial charge in [-0.3, -0.25) is 4.79 Å². The first kappa shape index (κ1) is 24.5. The van der Waals surface area contributed by atoms with Gasteiger partial charge in [-0.15, -0.1) is 0 Å². The van der Waals surface area contributed by atoms with Gasteiger partial charge in [0.2, 0.25) is 5.91 Å². The minimum Gasteiger partial charge on any atom is -0.353 e. The van der Waals surface area contributed by atoms with E-state index in [1.165, 1.54) is 5.56 Å². The van der Waals surface area contributed by atoms with Crippen LogP contribution in [0.15, 0.2) is 36.5 Å². The molecular formula is C25H38N4O2. The number of anilines is 1. The number of nitrogens with one attached hydrogen (secondary N) is 1. The molecule has 1 aromatic heterocycles. The molecule has 31 heavy (non-hydrogen) atoms. The lowest BCUT2D eigenvalue weighted by Gasteiger charge is -2.32. The van der Waals surface area contributed by atoms with Gasteiger partial charge >= 0.3 is 6.03 Å². The second-order valence-corrected chi connectivity index (χ2v) is 8.89. The average molecular weight is 427 g/mol. The van der Waals surface area contributed by atoms with Crippen LogP contribution in [0.3, 0.4) is 0 Å². The first-order valence-electron chi connectivity index (χ1n) is 11.1. The molecule has 1 N–H and O–H groups in total. The van der Waals surface area contributed by atoms with Gasteiger partial charge in [0.1, 0.15) is 6.54 Å². The zero-order chi connectivity index (χ0) is 23.1. The van der Waals surface area contributed by atoms with Crippen molar-refractivity contribution in [3.8, 4) is 0 Å². The molecule has 0 saturated heterocycles. The summed E-state index contributed by atoms with van der Waals surface area (Å²) in [5.74, 6) is 0.302. The van der Waals surface area contributed by atoms with Gasteiger partial charge in [0.15, 0.2) is 0 Å². The van der Waals surface area contributed by atoms with Crippen molar-refractivity contribution in [1.29, 1.82) is 0 Å².